The largest absolute Gasteiger partial charge is 0.477 e. The molecule has 0 atom stereocenters. The monoisotopic (exact) mass is 261 g/mol. The summed E-state index contributed by atoms with van der Waals surface area (Å²) in [4.78, 5) is 26.0. The van der Waals surface area contributed by atoms with Crippen molar-refractivity contribution in [1.82, 2.24) is 15.2 Å². The van der Waals surface area contributed by atoms with Crippen LogP contribution >= 0.6 is 0 Å². The van der Waals surface area contributed by atoms with Gasteiger partial charge >= 0.3 is 11.5 Å². The fourth-order valence-corrected chi connectivity index (χ4v) is 1.44. The van der Waals surface area contributed by atoms with E-state index >= 15 is 0 Å². The van der Waals surface area contributed by atoms with Crippen molar-refractivity contribution in [3.8, 4) is 11.5 Å². The van der Waals surface area contributed by atoms with Crippen LogP contribution in [0.15, 0.2) is 23.1 Å². The maximum Gasteiger partial charge on any atom is 0.354 e. The first-order valence-electron chi connectivity index (χ1n) is 5.41. The molecule has 0 aliphatic rings. The third-order valence-corrected chi connectivity index (χ3v) is 2.40. The molecule has 7 nitrogen and oxygen atoms in total. The highest BCUT2D eigenvalue weighted by Crippen LogP contribution is 2.22. The maximum absolute atomic E-state index is 11.5. The van der Waals surface area contributed by atoms with Gasteiger partial charge in [0.15, 0.2) is 5.75 Å². The average Bonchev–Trinajstić information content (AvgIpc) is 2.36. The number of aromatic carboxylic acids is 1. The number of carboxylic acid groups (broad SMARTS) is 1. The summed E-state index contributed by atoms with van der Waals surface area (Å²) < 4.78 is 5.42. The number of hydrogen-bond donors (Lipinski definition) is 2. The van der Waals surface area contributed by atoms with E-state index in [1.54, 1.807) is 13.8 Å². The number of aryl methyl sites for hydroxylation is 2. The molecule has 0 aromatic carbocycles. The number of carboxylic acids is 1. The zero-order chi connectivity index (χ0) is 14.0. The first kappa shape index (κ1) is 12.7. The third-order valence-electron chi connectivity index (χ3n) is 2.40. The molecular formula is C12H11N3O4. The second-order valence-corrected chi connectivity index (χ2v) is 3.94. The van der Waals surface area contributed by atoms with Crippen molar-refractivity contribution in [3.05, 3.63) is 45.6 Å². The van der Waals surface area contributed by atoms with Crippen molar-refractivity contribution >= 4 is 5.97 Å². The molecule has 2 heterocycles. The number of ether oxygens (including phenoxy) is 1. The van der Waals surface area contributed by atoms with E-state index in [9.17, 15) is 9.59 Å². The van der Waals surface area contributed by atoms with E-state index in [1.807, 2.05) is 0 Å². The molecule has 0 unspecified atom stereocenters. The minimum atomic E-state index is -1.12. The van der Waals surface area contributed by atoms with Crippen LogP contribution in [0.3, 0.4) is 0 Å². The Balaban J connectivity index is 2.36. The van der Waals surface area contributed by atoms with E-state index in [0.717, 1.165) is 0 Å². The quantitative estimate of drug-likeness (QED) is 0.862. The Morgan fingerprint density at radius 2 is 2.05 bits per heavy atom. The Kier molecular flexibility index (Phi) is 3.28. The normalized spacial score (nSPS) is 10.2. The van der Waals surface area contributed by atoms with E-state index in [1.165, 1.54) is 18.3 Å². The van der Waals surface area contributed by atoms with Crippen LogP contribution in [0.5, 0.6) is 11.5 Å². The van der Waals surface area contributed by atoms with Gasteiger partial charge in [-0.25, -0.2) is 14.9 Å². The number of rotatable bonds is 3. The zero-order valence-electron chi connectivity index (χ0n) is 10.3. The molecule has 98 valence electrons. The Bertz CT molecular complexity index is 694. The summed E-state index contributed by atoms with van der Waals surface area (Å²) in [5, 5.41) is 14.8. The van der Waals surface area contributed by atoms with Crippen LogP contribution < -0.4 is 10.3 Å². The van der Waals surface area contributed by atoms with Gasteiger partial charge in [0.1, 0.15) is 11.4 Å². The van der Waals surface area contributed by atoms with Gasteiger partial charge in [-0.3, -0.25) is 4.79 Å². The standard InChI is InChI=1S/C12H11N3O4/c1-6-3-8(12(17)18)13-5-10(6)19-9-4-7(2)14-15-11(9)16/h3-5H,1-2H3,(H,15,16)(H,17,18). The van der Waals surface area contributed by atoms with E-state index in [2.05, 4.69) is 15.2 Å². The molecule has 0 spiro atoms. The first-order valence-corrected chi connectivity index (χ1v) is 5.41. The third kappa shape index (κ3) is 2.76. The number of pyridine rings is 1. The van der Waals surface area contributed by atoms with E-state index in [4.69, 9.17) is 9.84 Å². The van der Waals surface area contributed by atoms with Gasteiger partial charge in [-0.05, 0) is 25.5 Å². The van der Waals surface area contributed by atoms with Crippen molar-refractivity contribution in [2.45, 2.75) is 13.8 Å². The van der Waals surface area contributed by atoms with Gasteiger partial charge < -0.3 is 9.84 Å². The van der Waals surface area contributed by atoms with Crippen LogP contribution in [0.25, 0.3) is 0 Å². The first-order chi connectivity index (χ1) is 8.97. The summed E-state index contributed by atoms with van der Waals surface area (Å²) >= 11 is 0. The summed E-state index contributed by atoms with van der Waals surface area (Å²) in [5.41, 5.74) is 0.626. The topological polar surface area (TPSA) is 105 Å². The molecule has 2 rings (SSSR count). The van der Waals surface area contributed by atoms with Crippen LogP contribution in [0.4, 0.5) is 0 Å². The van der Waals surface area contributed by atoms with Crippen molar-refractivity contribution in [2.24, 2.45) is 0 Å². The lowest BCUT2D eigenvalue weighted by atomic mass is 10.2. The van der Waals surface area contributed by atoms with Gasteiger partial charge in [-0.1, -0.05) is 0 Å². The maximum atomic E-state index is 11.5. The highest BCUT2D eigenvalue weighted by atomic mass is 16.5. The van der Waals surface area contributed by atoms with Crippen molar-refractivity contribution in [3.63, 3.8) is 0 Å². The molecule has 2 aromatic heterocycles. The Labute approximate surface area is 107 Å². The molecule has 0 fully saturated rings. The number of nitrogens with one attached hydrogen (secondary N) is 1. The lowest BCUT2D eigenvalue weighted by Gasteiger charge is -2.08. The van der Waals surface area contributed by atoms with Crippen LogP contribution in [-0.4, -0.2) is 26.3 Å². The smallest absolute Gasteiger partial charge is 0.354 e. The number of aromatic amines is 1. The number of hydrogen-bond acceptors (Lipinski definition) is 5. The molecular weight excluding hydrogens is 250 g/mol. The summed E-state index contributed by atoms with van der Waals surface area (Å²) in [6, 6.07) is 2.86. The molecule has 0 aliphatic heterocycles. The molecule has 19 heavy (non-hydrogen) atoms. The van der Waals surface area contributed by atoms with Crippen LogP contribution in [0, 0.1) is 13.8 Å². The SMILES string of the molecule is Cc1cc(Oc2cnc(C(=O)O)cc2C)c(=O)[nH]n1. The van der Waals surface area contributed by atoms with Gasteiger partial charge in [0.05, 0.1) is 11.9 Å². The second-order valence-electron chi connectivity index (χ2n) is 3.94. The van der Waals surface area contributed by atoms with Crippen molar-refractivity contribution in [1.29, 1.82) is 0 Å². The minimum Gasteiger partial charge on any atom is -0.477 e. The molecule has 2 N–H and O–H groups in total. The van der Waals surface area contributed by atoms with E-state index in [-0.39, 0.29) is 11.4 Å². The summed E-state index contributed by atoms with van der Waals surface area (Å²) in [6.45, 7) is 3.38. The van der Waals surface area contributed by atoms with Gasteiger partial charge in [0.2, 0.25) is 0 Å². The number of H-pyrrole nitrogens is 1. The zero-order valence-corrected chi connectivity index (χ0v) is 10.3. The Hall–Kier alpha value is -2.70. The molecule has 0 bridgehead atoms. The highest BCUT2D eigenvalue weighted by molar-refractivity contribution is 5.85. The number of carbonyl (C=O) groups is 1. The van der Waals surface area contributed by atoms with Gasteiger partial charge in [0, 0.05) is 6.07 Å². The molecule has 0 saturated heterocycles. The summed E-state index contributed by atoms with van der Waals surface area (Å²) in [5.74, 6) is -0.714. The molecule has 7 heteroatoms. The average molecular weight is 261 g/mol. The molecule has 0 saturated carbocycles. The Morgan fingerprint density at radius 3 is 2.68 bits per heavy atom. The van der Waals surface area contributed by atoms with Crippen LogP contribution in [-0.2, 0) is 0 Å². The fourth-order valence-electron chi connectivity index (χ4n) is 1.44. The Morgan fingerprint density at radius 1 is 1.32 bits per heavy atom. The number of nitrogens with zero attached hydrogens (tertiary/aromatic N) is 2. The molecule has 0 aliphatic carbocycles. The predicted molar refractivity (Wildman–Crippen MR) is 65.6 cm³/mol. The van der Waals surface area contributed by atoms with Crippen LogP contribution in [0.1, 0.15) is 21.7 Å². The lowest BCUT2D eigenvalue weighted by molar-refractivity contribution is 0.0690. The van der Waals surface area contributed by atoms with Crippen molar-refractivity contribution < 1.29 is 14.6 Å². The predicted octanol–water partition coefficient (Wildman–Crippen LogP) is 1.27. The second kappa shape index (κ2) is 4.89. The van der Waals surface area contributed by atoms with Gasteiger partial charge in [-0.15, -0.1) is 0 Å². The summed E-state index contributed by atoms with van der Waals surface area (Å²) in [7, 11) is 0. The van der Waals surface area contributed by atoms with E-state index in [0.29, 0.717) is 17.0 Å². The fraction of sp³-hybridized carbons (Fsp3) is 0.167. The van der Waals surface area contributed by atoms with E-state index < -0.39 is 11.5 Å². The lowest BCUT2D eigenvalue weighted by Crippen LogP contribution is -2.11. The van der Waals surface area contributed by atoms with Crippen molar-refractivity contribution in [2.75, 3.05) is 0 Å². The van der Waals surface area contributed by atoms with Gasteiger partial charge in [0.25, 0.3) is 0 Å². The molecule has 2 aromatic rings. The number of aromatic nitrogens is 3. The highest BCUT2D eigenvalue weighted by Gasteiger charge is 2.10. The minimum absolute atomic E-state index is 0.0790. The van der Waals surface area contributed by atoms with Crippen LogP contribution in [0.2, 0.25) is 0 Å². The molecule has 0 amide bonds. The van der Waals surface area contributed by atoms with Gasteiger partial charge in [-0.2, -0.15) is 5.10 Å². The summed E-state index contributed by atoms with van der Waals surface area (Å²) in [6.07, 6.45) is 1.27. The molecule has 0 radical (unpaired) electrons.